The first kappa shape index (κ1) is 18.6. The highest BCUT2D eigenvalue weighted by Gasteiger charge is 2.27. The maximum Gasteiger partial charge on any atom is 0.245 e. The molecule has 0 radical (unpaired) electrons. The first-order valence-electron chi connectivity index (χ1n) is 7.08. The first-order valence-corrected chi connectivity index (χ1v) is 7.08. The zero-order valence-corrected chi connectivity index (χ0v) is 12.7. The van der Waals surface area contributed by atoms with Crippen molar-refractivity contribution in [1.29, 1.82) is 0 Å². The second-order valence-corrected chi connectivity index (χ2v) is 5.12. The number of phenols is 1. The van der Waals surface area contributed by atoms with Crippen LogP contribution in [0.15, 0.2) is 24.3 Å². The minimum absolute atomic E-state index is 0.104. The van der Waals surface area contributed by atoms with E-state index >= 15 is 0 Å². The van der Waals surface area contributed by atoms with Gasteiger partial charge in [-0.2, -0.15) is 0 Å². The number of aldehydes is 1. The monoisotopic (exact) mass is 323 g/mol. The molecule has 0 bridgehead atoms. The van der Waals surface area contributed by atoms with E-state index in [0.29, 0.717) is 6.29 Å². The highest BCUT2D eigenvalue weighted by atomic mass is 16.3. The Bertz CT molecular complexity index is 545. The van der Waals surface area contributed by atoms with Crippen LogP contribution in [-0.4, -0.2) is 53.0 Å². The van der Waals surface area contributed by atoms with Gasteiger partial charge in [0, 0.05) is 0 Å². The van der Waals surface area contributed by atoms with E-state index in [9.17, 15) is 24.6 Å². The molecule has 6 N–H and O–H groups in total. The van der Waals surface area contributed by atoms with Gasteiger partial charge in [0.1, 0.15) is 18.1 Å². The number of phenolic OH excluding ortho intramolecular Hbond substituents is 1. The van der Waals surface area contributed by atoms with Gasteiger partial charge in [-0.05, 0) is 31.0 Å². The maximum atomic E-state index is 12.1. The van der Waals surface area contributed by atoms with E-state index in [1.165, 1.54) is 19.1 Å². The van der Waals surface area contributed by atoms with Gasteiger partial charge in [0.15, 0.2) is 0 Å². The van der Waals surface area contributed by atoms with Crippen molar-refractivity contribution in [2.75, 3.05) is 6.54 Å². The molecular formula is C15H21N3O5. The van der Waals surface area contributed by atoms with Crippen LogP contribution >= 0.6 is 0 Å². The van der Waals surface area contributed by atoms with E-state index < -0.39 is 30.0 Å². The van der Waals surface area contributed by atoms with E-state index in [1.807, 2.05) is 0 Å². The van der Waals surface area contributed by atoms with Crippen LogP contribution in [0, 0.1) is 0 Å². The summed E-state index contributed by atoms with van der Waals surface area (Å²) in [5.74, 6) is -1.17. The summed E-state index contributed by atoms with van der Waals surface area (Å²) >= 11 is 0. The standard InChI is InChI=1S/C15H21N3O5/c1-9(20)13(15(23)17-6-7-19)18-14(22)12(16)8-10-2-4-11(21)5-3-10/h2-5,7,9,12-13,20-21H,6,8,16H2,1H3,(H,17,23)(H,18,22)/t9-,12-,13+/m0/s1. The SMILES string of the molecule is C[C@H](O)[C@@H](NC(=O)[C@@H](N)Cc1ccc(O)cc1)C(=O)NCC=O. The summed E-state index contributed by atoms with van der Waals surface area (Å²) in [6, 6.07) is 4.08. The van der Waals surface area contributed by atoms with Crippen molar-refractivity contribution in [3.8, 4) is 5.75 Å². The minimum atomic E-state index is -1.20. The number of carbonyl (C=O) groups excluding carboxylic acids is 3. The number of aliphatic hydroxyl groups excluding tert-OH is 1. The Balaban J connectivity index is 2.64. The predicted octanol–water partition coefficient (Wildman–Crippen LogP) is -1.56. The molecule has 0 spiro atoms. The molecule has 0 aliphatic carbocycles. The number of hydrogen-bond acceptors (Lipinski definition) is 6. The molecule has 0 aliphatic heterocycles. The minimum Gasteiger partial charge on any atom is -0.508 e. The molecular weight excluding hydrogens is 302 g/mol. The molecule has 23 heavy (non-hydrogen) atoms. The van der Waals surface area contributed by atoms with Gasteiger partial charge in [-0.3, -0.25) is 9.59 Å². The molecule has 1 aromatic carbocycles. The van der Waals surface area contributed by atoms with Crippen molar-refractivity contribution < 1.29 is 24.6 Å². The predicted molar refractivity (Wildman–Crippen MR) is 82.5 cm³/mol. The Labute approximate surface area is 133 Å². The van der Waals surface area contributed by atoms with Crippen LogP contribution in [0.25, 0.3) is 0 Å². The molecule has 0 heterocycles. The summed E-state index contributed by atoms with van der Waals surface area (Å²) in [4.78, 5) is 34.1. The van der Waals surface area contributed by atoms with Crippen molar-refractivity contribution >= 4 is 18.1 Å². The highest BCUT2D eigenvalue weighted by molar-refractivity contribution is 5.90. The van der Waals surface area contributed by atoms with Crippen molar-refractivity contribution in [1.82, 2.24) is 10.6 Å². The third-order valence-corrected chi connectivity index (χ3v) is 3.15. The first-order chi connectivity index (χ1) is 10.8. The third kappa shape index (κ3) is 6.05. The highest BCUT2D eigenvalue weighted by Crippen LogP contribution is 2.11. The third-order valence-electron chi connectivity index (χ3n) is 3.15. The zero-order valence-electron chi connectivity index (χ0n) is 12.7. The van der Waals surface area contributed by atoms with Crippen LogP contribution in [0.4, 0.5) is 0 Å². The second-order valence-electron chi connectivity index (χ2n) is 5.12. The van der Waals surface area contributed by atoms with Crippen LogP contribution < -0.4 is 16.4 Å². The number of benzene rings is 1. The van der Waals surface area contributed by atoms with Crippen LogP contribution in [-0.2, 0) is 20.8 Å². The van der Waals surface area contributed by atoms with Crippen molar-refractivity contribution in [3.05, 3.63) is 29.8 Å². The molecule has 0 unspecified atom stereocenters. The Kier molecular flexibility index (Phi) is 7.17. The van der Waals surface area contributed by atoms with Crippen LogP contribution in [0.5, 0.6) is 5.75 Å². The molecule has 0 aromatic heterocycles. The van der Waals surface area contributed by atoms with Gasteiger partial charge < -0.3 is 31.4 Å². The summed E-state index contributed by atoms with van der Waals surface area (Å²) in [6.45, 7) is 1.13. The number of nitrogens with one attached hydrogen (secondary N) is 2. The molecule has 126 valence electrons. The molecule has 8 heteroatoms. The summed E-state index contributed by atoms with van der Waals surface area (Å²) in [5.41, 5.74) is 6.53. The molecule has 0 saturated carbocycles. The average Bonchev–Trinajstić information content (AvgIpc) is 2.51. The summed E-state index contributed by atoms with van der Waals surface area (Å²) in [6.07, 6.45) is -0.448. The fraction of sp³-hybridized carbons (Fsp3) is 0.400. The topological polar surface area (TPSA) is 142 Å². The summed E-state index contributed by atoms with van der Waals surface area (Å²) in [7, 11) is 0. The van der Waals surface area contributed by atoms with Gasteiger partial charge in [0.05, 0.1) is 18.7 Å². The van der Waals surface area contributed by atoms with E-state index in [1.54, 1.807) is 12.1 Å². The molecule has 3 atom stereocenters. The second kappa shape index (κ2) is 8.86. The lowest BCUT2D eigenvalue weighted by atomic mass is 10.0. The van der Waals surface area contributed by atoms with Crippen molar-refractivity contribution in [2.45, 2.75) is 31.5 Å². The number of nitrogens with two attached hydrogens (primary N) is 1. The van der Waals surface area contributed by atoms with Crippen molar-refractivity contribution in [2.24, 2.45) is 5.73 Å². The van der Waals surface area contributed by atoms with Crippen LogP contribution in [0.1, 0.15) is 12.5 Å². The normalized spacial score (nSPS) is 14.4. The fourth-order valence-electron chi connectivity index (χ4n) is 1.90. The number of amides is 2. The number of hydrogen-bond donors (Lipinski definition) is 5. The molecule has 0 aliphatic rings. The number of aliphatic hydroxyl groups is 1. The lowest BCUT2D eigenvalue weighted by molar-refractivity contribution is -0.132. The average molecular weight is 323 g/mol. The Morgan fingerprint density at radius 1 is 1.26 bits per heavy atom. The smallest absolute Gasteiger partial charge is 0.245 e. The van der Waals surface area contributed by atoms with Crippen molar-refractivity contribution in [3.63, 3.8) is 0 Å². The van der Waals surface area contributed by atoms with Gasteiger partial charge in [0.25, 0.3) is 0 Å². The Hall–Kier alpha value is -2.45. The molecule has 8 nitrogen and oxygen atoms in total. The van der Waals surface area contributed by atoms with E-state index in [0.717, 1.165) is 5.56 Å². The van der Waals surface area contributed by atoms with E-state index in [-0.39, 0.29) is 18.7 Å². The molecule has 2 amide bonds. The fourth-order valence-corrected chi connectivity index (χ4v) is 1.90. The van der Waals surface area contributed by atoms with Gasteiger partial charge in [-0.25, -0.2) is 0 Å². The largest absolute Gasteiger partial charge is 0.508 e. The Morgan fingerprint density at radius 2 is 1.87 bits per heavy atom. The van der Waals surface area contributed by atoms with E-state index in [2.05, 4.69) is 10.6 Å². The molecule has 0 saturated heterocycles. The maximum absolute atomic E-state index is 12.1. The van der Waals surface area contributed by atoms with E-state index in [4.69, 9.17) is 5.73 Å². The van der Waals surface area contributed by atoms with Crippen LogP contribution in [0.3, 0.4) is 0 Å². The summed E-state index contributed by atoms with van der Waals surface area (Å²) in [5, 5.41) is 23.4. The zero-order chi connectivity index (χ0) is 17.4. The lowest BCUT2D eigenvalue weighted by Crippen LogP contribution is -2.56. The lowest BCUT2D eigenvalue weighted by Gasteiger charge is -2.22. The molecule has 1 rings (SSSR count). The van der Waals surface area contributed by atoms with Gasteiger partial charge in [0.2, 0.25) is 11.8 Å². The summed E-state index contributed by atoms with van der Waals surface area (Å²) < 4.78 is 0. The Morgan fingerprint density at radius 3 is 2.39 bits per heavy atom. The van der Waals surface area contributed by atoms with Gasteiger partial charge >= 0.3 is 0 Å². The van der Waals surface area contributed by atoms with Crippen LogP contribution in [0.2, 0.25) is 0 Å². The number of rotatable bonds is 8. The van der Waals surface area contributed by atoms with Gasteiger partial charge in [-0.15, -0.1) is 0 Å². The number of aromatic hydroxyl groups is 1. The van der Waals surface area contributed by atoms with Gasteiger partial charge in [-0.1, -0.05) is 12.1 Å². The molecule has 1 aromatic rings. The number of carbonyl (C=O) groups is 3. The molecule has 0 fully saturated rings. The quantitative estimate of drug-likeness (QED) is 0.366.